The van der Waals surface area contributed by atoms with E-state index in [2.05, 4.69) is 12.2 Å². The lowest BCUT2D eigenvalue weighted by Gasteiger charge is -2.06. The van der Waals surface area contributed by atoms with E-state index in [4.69, 9.17) is 5.11 Å². The Kier molecular flexibility index (Phi) is 6.75. The Morgan fingerprint density at radius 2 is 2.07 bits per heavy atom. The van der Waals surface area contributed by atoms with Gasteiger partial charge in [0.2, 0.25) is 0 Å². The van der Waals surface area contributed by atoms with Gasteiger partial charge in [-0.25, -0.2) is 4.79 Å². The second kappa shape index (κ2) is 7.26. The molecule has 0 heterocycles. The number of aromatic carboxylic acids is 1. The summed E-state index contributed by atoms with van der Waals surface area (Å²) in [5.74, 6) is -0.862. The number of nitrogens with one attached hydrogen (secondary N) is 1. The van der Waals surface area contributed by atoms with Crippen molar-refractivity contribution in [2.45, 2.75) is 19.9 Å². The zero-order valence-corrected chi connectivity index (χ0v) is 9.51. The molecule has 1 rings (SSSR count). The number of benzene rings is 1. The molecule has 0 saturated heterocycles. The third-order valence-electron chi connectivity index (χ3n) is 1.99. The van der Waals surface area contributed by atoms with Gasteiger partial charge in [-0.05, 0) is 24.6 Å². The van der Waals surface area contributed by atoms with Crippen molar-refractivity contribution < 1.29 is 9.90 Å². The van der Waals surface area contributed by atoms with Crippen molar-refractivity contribution in [2.75, 3.05) is 6.54 Å². The van der Waals surface area contributed by atoms with E-state index in [-0.39, 0.29) is 12.4 Å². The second-order valence-corrected chi connectivity index (χ2v) is 3.14. The van der Waals surface area contributed by atoms with Gasteiger partial charge in [0.15, 0.2) is 0 Å². The summed E-state index contributed by atoms with van der Waals surface area (Å²) in [6, 6.07) is 7.07. The van der Waals surface area contributed by atoms with Crippen LogP contribution in [-0.2, 0) is 6.54 Å². The summed E-state index contributed by atoms with van der Waals surface area (Å²) in [7, 11) is 0. The molecule has 0 fully saturated rings. The molecule has 0 saturated carbocycles. The van der Waals surface area contributed by atoms with Gasteiger partial charge in [-0.1, -0.05) is 25.1 Å². The number of hydrogen-bond acceptors (Lipinski definition) is 2. The maximum Gasteiger partial charge on any atom is 0.336 e. The lowest BCUT2D eigenvalue weighted by Crippen LogP contribution is -2.16. The van der Waals surface area contributed by atoms with Crippen LogP contribution in [0.25, 0.3) is 0 Å². The standard InChI is InChI=1S/C11H15NO2.ClH/c1-2-7-12-8-9-5-3-4-6-10(9)11(13)14;/h3-6,12H,2,7-8H2,1H3,(H,13,14);1H. The zero-order valence-electron chi connectivity index (χ0n) is 8.69. The molecular weight excluding hydrogens is 214 g/mol. The number of carbonyl (C=O) groups is 1. The van der Waals surface area contributed by atoms with E-state index in [1.54, 1.807) is 12.1 Å². The summed E-state index contributed by atoms with van der Waals surface area (Å²) in [6.07, 6.45) is 1.05. The van der Waals surface area contributed by atoms with Crippen molar-refractivity contribution >= 4 is 18.4 Å². The molecule has 1 aromatic rings. The molecule has 3 nitrogen and oxygen atoms in total. The summed E-state index contributed by atoms with van der Waals surface area (Å²) < 4.78 is 0. The van der Waals surface area contributed by atoms with Gasteiger partial charge in [0.05, 0.1) is 5.56 Å². The Hall–Kier alpha value is -1.06. The van der Waals surface area contributed by atoms with E-state index in [0.29, 0.717) is 12.1 Å². The molecule has 0 atom stereocenters. The summed E-state index contributed by atoms with van der Waals surface area (Å²) in [5, 5.41) is 12.1. The van der Waals surface area contributed by atoms with Crippen molar-refractivity contribution in [3.63, 3.8) is 0 Å². The molecule has 4 heteroatoms. The van der Waals surface area contributed by atoms with E-state index < -0.39 is 5.97 Å². The average Bonchev–Trinajstić information content (AvgIpc) is 2.19. The average molecular weight is 230 g/mol. The SMILES string of the molecule is CCCNCc1ccccc1C(=O)O.Cl. The van der Waals surface area contributed by atoms with Gasteiger partial charge in [-0.3, -0.25) is 0 Å². The van der Waals surface area contributed by atoms with Gasteiger partial charge in [0.1, 0.15) is 0 Å². The Labute approximate surface area is 95.9 Å². The van der Waals surface area contributed by atoms with Gasteiger partial charge < -0.3 is 10.4 Å². The predicted octanol–water partition coefficient (Wildman–Crippen LogP) is 2.31. The minimum absolute atomic E-state index is 0. The highest BCUT2D eigenvalue weighted by molar-refractivity contribution is 5.89. The molecule has 0 unspecified atom stereocenters. The molecule has 0 radical (unpaired) electrons. The highest BCUT2D eigenvalue weighted by Crippen LogP contribution is 2.07. The van der Waals surface area contributed by atoms with Crippen LogP contribution in [0.4, 0.5) is 0 Å². The first kappa shape index (κ1) is 13.9. The lowest BCUT2D eigenvalue weighted by molar-refractivity contribution is 0.0695. The molecule has 1 aromatic carbocycles. The summed E-state index contributed by atoms with van der Waals surface area (Å²) in [4.78, 5) is 10.8. The fraction of sp³-hybridized carbons (Fsp3) is 0.364. The maximum atomic E-state index is 10.8. The molecule has 0 aliphatic carbocycles. The normalized spacial score (nSPS) is 9.40. The molecule has 0 bridgehead atoms. The number of carboxylic acids is 1. The van der Waals surface area contributed by atoms with Gasteiger partial charge >= 0.3 is 5.97 Å². The monoisotopic (exact) mass is 229 g/mol. The van der Waals surface area contributed by atoms with Crippen molar-refractivity contribution in [3.05, 3.63) is 35.4 Å². The van der Waals surface area contributed by atoms with E-state index in [0.717, 1.165) is 18.5 Å². The van der Waals surface area contributed by atoms with Gasteiger partial charge in [0.25, 0.3) is 0 Å². The van der Waals surface area contributed by atoms with E-state index in [1.165, 1.54) is 0 Å². The van der Waals surface area contributed by atoms with Crippen LogP contribution in [0.2, 0.25) is 0 Å². The predicted molar refractivity (Wildman–Crippen MR) is 62.6 cm³/mol. The summed E-state index contributed by atoms with van der Waals surface area (Å²) in [5.41, 5.74) is 1.23. The molecular formula is C11H16ClNO2. The van der Waals surface area contributed by atoms with Crippen LogP contribution >= 0.6 is 12.4 Å². The van der Waals surface area contributed by atoms with Crippen LogP contribution in [-0.4, -0.2) is 17.6 Å². The first-order valence-electron chi connectivity index (χ1n) is 4.77. The highest BCUT2D eigenvalue weighted by Gasteiger charge is 2.07. The third-order valence-corrected chi connectivity index (χ3v) is 1.99. The van der Waals surface area contributed by atoms with E-state index in [1.807, 2.05) is 12.1 Å². The molecule has 0 spiro atoms. The molecule has 2 N–H and O–H groups in total. The zero-order chi connectivity index (χ0) is 10.4. The summed E-state index contributed by atoms with van der Waals surface area (Å²) in [6.45, 7) is 3.61. The maximum absolute atomic E-state index is 10.8. The van der Waals surface area contributed by atoms with E-state index in [9.17, 15) is 4.79 Å². The second-order valence-electron chi connectivity index (χ2n) is 3.14. The fourth-order valence-corrected chi connectivity index (χ4v) is 1.28. The van der Waals surface area contributed by atoms with Crippen LogP contribution in [0.5, 0.6) is 0 Å². The molecule has 0 aromatic heterocycles. The van der Waals surface area contributed by atoms with Crippen molar-refractivity contribution in [1.82, 2.24) is 5.32 Å². The Morgan fingerprint density at radius 3 is 2.67 bits per heavy atom. The van der Waals surface area contributed by atoms with Crippen LogP contribution < -0.4 is 5.32 Å². The lowest BCUT2D eigenvalue weighted by atomic mass is 10.1. The molecule has 84 valence electrons. The first-order chi connectivity index (χ1) is 6.75. The minimum atomic E-state index is -0.862. The van der Waals surface area contributed by atoms with Gasteiger partial charge in [-0.2, -0.15) is 0 Å². The molecule has 15 heavy (non-hydrogen) atoms. The van der Waals surface area contributed by atoms with Crippen molar-refractivity contribution in [2.24, 2.45) is 0 Å². The fourth-order valence-electron chi connectivity index (χ4n) is 1.28. The summed E-state index contributed by atoms with van der Waals surface area (Å²) >= 11 is 0. The van der Waals surface area contributed by atoms with Crippen LogP contribution in [0, 0.1) is 0 Å². The Balaban J connectivity index is 0.00000196. The smallest absolute Gasteiger partial charge is 0.336 e. The van der Waals surface area contributed by atoms with Crippen LogP contribution in [0.15, 0.2) is 24.3 Å². The molecule has 0 amide bonds. The number of rotatable bonds is 5. The topological polar surface area (TPSA) is 49.3 Å². The molecule has 0 aliphatic rings. The van der Waals surface area contributed by atoms with E-state index >= 15 is 0 Å². The quantitative estimate of drug-likeness (QED) is 0.762. The highest BCUT2D eigenvalue weighted by atomic mass is 35.5. The largest absolute Gasteiger partial charge is 0.478 e. The Bertz CT molecular complexity index is 315. The Morgan fingerprint density at radius 1 is 1.40 bits per heavy atom. The number of halogens is 1. The van der Waals surface area contributed by atoms with Gasteiger partial charge in [0, 0.05) is 6.54 Å². The molecule has 0 aliphatic heterocycles. The van der Waals surface area contributed by atoms with Crippen molar-refractivity contribution in [1.29, 1.82) is 0 Å². The third kappa shape index (κ3) is 4.32. The van der Waals surface area contributed by atoms with Crippen molar-refractivity contribution in [3.8, 4) is 0 Å². The first-order valence-corrected chi connectivity index (χ1v) is 4.77. The number of carboxylic acid groups (broad SMARTS) is 1. The number of hydrogen-bond donors (Lipinski definition) is 2. The van der Waals surface area contributed by atoms with Crippen LogP contribution in [0.3, 0.4) is 0 Å². The van der Waals surface area contributed by atoms with Gasteiger partial charge in [-0.15, -0.1) is 12.4 Å². The van der Waals surface area contributed by atoms with Crippen LogP contribution in [0.1, 0.15) is 29.3 Å². The minimum Gasteiger partial charge on any atom is -0.478 e.